The molecule has 1 aromatic rings. The zero-order valence-corrected chi connectivity index (χ0v) is 10.7. The maximum absolute atomic E-state index is 3.61. The molecular formula is C15H23N. The Kier molecular flexibility index (Phi) is 3.34. The van der Waals surface area contributed by atoms with Crippen LogP contribution in [0.3, 0.4) is 0 Å². The summed E-state index contributed by atoms with van der Waals surface area (Å²) in [6.07, 6.45) is 3.97. The molecule has 1 unspecified atom stereocenters. The Balaban J connectivity index is 2.21. The lowest BCUT2D eigenvalue weighted by atomic mass is 9.84. The highest BCUT2D eigenvalue weighted by molar-refractivity contribution is 5.30. The fraction of sp³-hybridized carbons (Fsp3) is 0.600. The van der Waals surface area contributed by atoms with Crippen LogP contribution >= 0.6 is 0 Å². The fourth-order valence-corrected chi connectivity index (χ4v) is 2.36. The Morgan fingerprint density at radius 2 is 2.00 bits per heavy atom. The number of benzene rings is 1. The third-order valence-electron chi connectivity index (χ3n) is 3.47. The molecular weight excluding hydrogens is 194 g/mol. The van der Waals surface area contributed by atoms with E-state index in [-0.39, 0.29) is 5.41 Å². The van der Waals surface area contributed by atoms with E-state index in [4.69, 9.17) is 0 Å². The molecule has 1 heterocycles. The molecule has 88 valence electrons. The van der Waals surface area contributed by atoms with E-state index in [2.05, 4.69) is 50.4 Å². The first kappa shape index (κ1) is 11.7. The normalized spacial score (nSPS) is 22.1. The molecule has 1 aliphatic heterocycles. The molecule has 1 saturated heterocycles. The first-order valence-corrected chi connectivity index (χ1v) is 6.41. The van der Waals surface area contributed by atoms with Crippen LogP contribution < -0.4 is 5.32 Å². The summed E-state index contributed by atoms with van der Waals surface area (Å²) in [6.45, 7) is 8.01. The van der Waals surface area contributed by atoms with Gasteiger partial charge < -0.3 is 5.32 Å². The van der Waals surface area contributed by atoms with Gasteiger partial charge in [-0.05, 0) is 35.9 Å². The molecule has 0 aliphatic carbocycles. The summed E-state index contributed by atoms with van der Waals surface area (Å²) in [5, 5.41) is 3.61. The number of hydrogen-bond acceptors (Lipinski definition) is 1. The van der Waals surface area contributed by atoms with Gasteiger partial charge in [0.1, 0.15) is 0 Å². The zero-order chi connectivity index (χ0) is 11.6. The average molecular weight is 217 g/mol. The molecule has 16 heavy (non-hydrogen) atoms. The van der Waals surface area contributed by atoms with Crippen LogP contribution in [0.1, 0.15) is 57.2 Å². The summed E-state index contributed by atoms with van der Waals surface area (Å²) >= 11 is 0. The Hall–Kier alpha value is -0.820. The molecule has 2 rings (SSSR count). The van der Waals surface area contributed by atoms with E-state index in [1.54, 1.807) is 0 Å². The van der Waals surface area contributed by atoms with E-state index in [1.807, 2.05) is 0 Å². The van der Waals surface area contributed by atoms with Gasteiger partial charge in [-0.3, -0.25) is 0 Å². The molecule has 1 atom stereocenters. The summed E-state index contributed by atoms with van der Waals surface area (Å²) in [4.78, 5) is 0. The van der Waals surface area contributed by atoms with Gasteiger partial charge in [-0.25, -0.2) is 0 Å². The number of nitrogens with one attached hydrogen (secondary N) is 1. The van der Waals surface area contributed by atoms with Gasteiger partial charge in [0.05, 0.1) is 0 Å². The third-order valence-corrected chi connectivity index (χ3v) is 3.47. The Morgan fingerprint density at radius 3 is 2.62 bits per heavy atom. The molecule has 0 radical (unpaired) electrons. The van der Waals surface area contributed by atoms with E-state index in [0.29, 0.717) is 6.04 Å². The van der Waals surface area contributed by atoms with E-state index in [9.17, 15) is 0 Å². The zero-order valence-electron chi connectivity index (χ0n) is 10.7. The average Bonchev–Trinajstić information content (AvgIpc) is 2.29. The van der Waals surface area contributed by atoms with Crippen molar-refractivity contribution in [2.24, 2.45) is 0 Å². The molecule has 0 aromatic heterocycles. The van der Waals surface area contributed by atoms with Gasteiger partial charge in [0.15, 0.2) is 0 Å². The van der Waals surface area contributed by atoms with E-state index < -0.39 is 0 Å². The highest BCUT2D eigenvalue weighted by Gasteiger charge is 2.18. The minimum absolute atomic E-state index is 0.255. The second kappa shape index (κ2) is 4.58. The second-order valence-electron chi connectivity index (χ2n) is 5.88. The van der Waals surface area contributed by atoms with Crippen LogP contribution in [0.4, 0.5) is 0 Å². The molecule has 1 nitrogen and oxygen atoms in total. The van der Waals surface area contributed by atoms with E-state index in [1.165, 1.54) is 36.9 Å². The molecule has 1 aromatic carbocycles. The first-order valence-electron chi connectivity index (χ1n) is 6.41. The predicted octanol–water partition coefficient (Wildman–Crippen LogP) is 3.80. The molecule has 0 bridgehead atoms. The van der Waals surface area contributed by atoms with Crippen LogP contribution in [-0.4, -0.2) is 6.54 Å². The Bertz CT molecular complexity index is 343. The third kappa shape index (κ3) is 2.65. The summed E-state index contributed by atoms with van der Waals surface area (Å²) in [5.41, 5.74) is 3.16. The molecule has 1 N–H and O–H groups in total. The van der Waals surface area contributed by atoms with Crippen LogP contribution in [0.15, 0.2) is 24.3 Å². The lowest BCUT2D eigenvalue weighted by molar-refractivity contribution is 0.411. The number of rotatable bonds is 1. The van der Waals surface area contributed by atoms with Crippen molar-refractivity contribution < 1.29 is 0 Å². The number of hydrogen-bond donors (Lipinski definition) is 1. The highest BCUT2D eigenvalue weighted by Crippen LogP contribution is 2.28. The maximum Gasteiger partial charge on any atom is 0.0320 e. The van der Waals surface area contributed by atoms with Gasteiger partial charge in [0.2, 0.25) is 0 Å². The van der Waals surface area contributed by atoms with Crippen molar-refractivity contribution in [3.63, 3.8) is 0 Å². The van der Waals surface area contributed by atoms with Crippen molar-refractivity contribution in [1.82, 2.24) is 5.32 Å². The molecule has 0 amide bonds. The molecule has 0 saturated carbocycles. The van der Waals surface area contributed by atoms with Crippen LogP contribution in [0.25, 0.3) is 0 Å². The summed E-state index contributed by atoms with van der Waals surface area (Å²) in [5.74, 6) is 0. The van der Waals surface area contributed by atoms with Crippen molar-refractivity contribution in [3.05, 3.63) is 35.4 Å². The quantitative estimate of drug-likeness (QED) is 0.754. The van der Waals surface area contributed by atoms with Crippen LogP contribution in [0, 0.1) is 0 Å². The van der Waals surface area contributed by atoms with Gasteiger partial charge in [-0.2, -0.15) is 0 Å². The minimum Gasteiger partial charge on any atom is -0.310 e. The lowest BCUT2D eigenvalue weighted by Crippen LogP contribution is -2.27. The molecule has 1 fully saturated rings. The Labute approximate surface area is 99.3 Å². The molecule has 1 aliphatic rings. The number of piperidine rings is 1. The van der Waals surface area contributed by atoms with Gasteiger partial charge in [0, 0.05) is 6.04 Å². The van der Waals surface area contributed by atoms with Gasteiger partial charge >= 0.3 is 0 Å². The largest absolute Gasteiger partial charge is 0.310 e. The second-order valence-corrected chi connectivity index (χ2v) is 5.88. The summed E-state index contributed by atoms with van der Waals surface area (Å²) in [7, 11) is 0. The monoisotopic (exact) mass is 217 g/mol. The smallest absolute Gasteiger partial charge is 0.0320 e. The van der Waals surface area contributed by atoms with Crippen LogP contribution in [-0.2, 0) is 5.41 Å². The van der Waals surface area contributed by atoms with E-state index in [0.717, 1.165) is 0 Å². The summed E-state index contributed by atoms with van der Waals surface area (Å²) < 4.78 is 0. The predicted molar refractivity (Wildman–Crippen MR) is 69.7 cm³/mol. The van der Waals surface area contributed by atoms with Crippen molar-refractivity contribution in [1.29, 1.82) is 0 Å². The summed E-state index contributed by atoms with van der Waals surface area (Å²) in [6, 6.07) is 9.66. The van der Waals surface area contributed by atoms with Crippen LogP contribution in [0.5, 0.6) is 0 Å². The maximum atomic E-state index is 3.61. The molecule has 1 heteroatoms. The first-order chi connectivity index (χ1) is 7.57. The van der Waals surface area contributed by atoms with Crippen LogP contribution in [0.2, 0.25) is 0 Å². The van der Waals surface area contributed by atoms with Crippen molar-refractivity contribution in [2.75, 3.05) is 6.54 Å². The van der Waals surface area contributed by atoms with Gasteiger partial charge in [-0.1, -0.05) is 51.5 Å². The minimum atomic E-state index is 0.255. The van der Waals surface area contributed by atoms with Crippen molar-refractivity contribution >= 4 is 0 Å². The molecule has 0 spiro atoms. The topological polar surface area (TPSA) is 12.0 Å². The SMILES string of the molecule is CC(C)(C)c1cccc(C2CCCCN2)c1. The van der Waals surface area contributed by atoms with E-state index >= 15 is 0 Å². The fourth-order valence-electron chi connectivity index (χ4n) is 2.36. The highest BCUT2D eigenvalue weighted by atomic mass is 14.9. The van der Waals surface area contributed by atoms with Crippen molar-refractivity contribution in [3.8, 4) is 0 Å². The van der Waals surface area contributed by atoms with Gasteiger partial charge in [-0.15, -0.1) is 0 Å². The lowest BCUT2D eigenvalue weighted by Gasteiger charge is -2.26. The van der Waals surface area contributed by atoms with Crippen molar-refractivity contribution in [2.45, 2.75) is 51.5 Å². The van der Waals surface area contributed by atoms with Gasteiger partial charge in [0.25, 0.3) is 0 Å². The standard InChI is InChI=1S/C15H23N/c1-15(2,3)13-8-6-7-12(11-13)14-9-4-5-10-16-14/h6-8,11,14,16H,4-5,9-10H2,1-3H3. The Morgan fingerprint density at radius 1 is 1.19 bits per heavy atom.